The molecule has 4 heterocycles. The molecule has 0 saturated carbocycles. The van der Waals surface area contributed by atoms with Gasteiger partial charge in [0, 0.05) is 63.5 Å². The number of hydrogen-bond donors (Lipinski definition) is 10. The van der Waals surface area contributed by atoms with Crippen molar-refractivity contribution in [1.29, 1.82) is 0 Å². The summed E-state index contributed by atoms with van der Waals surface area (Å²) in [5, 5.41) is 51.4. The Morgan fingerprint density at radius 2 is 1.57 bits per heavy atom. The van der Waals surface area contributed by atoms with Crippen LogP contribution in [-0.4, -0.2) is 142 Å². The van der Waals surface area contributed by atoms with Crippen LogP contribution in [0.5, 0.6) is 11.5 Å². The Balaban J connectivity index is 0.959. The molecule has 10 atom stereocenters. The average Bonchev–Trinajstić information content (AvgIpc) is 3.69. The number of nitrogens with two attached hydrogens (primary N) is 2. The van der Waals surface area contributed by atoms with Crippen LogP contribution in [0.25, 0.3) is 0 Å². The predicted molar refractivity (Wildman–Crippen MR) is 213 cm³/mol. The molecule has 0 bridgehead atoms. The number of hydrogen-bond acceptors (Lipinski definition) is 16. The van der Waals surface area contributed by atoms with Gasteiger partial charge in [0.2, 0.25) is 5.91 Å². The number of rotatable bonds is 18. The number of aromatic amines is 1. The molecule has 3 saturated heterocycles. The summed E-state index contributed by atoms with van der Waals surface area (Å²) >= 11 is 0. The molecule has 0 radical (unpaired) electrons. The molecule has 24 heteroatoms. The van der Waals surface area contributed by atoms with Gasteiger partial charge < -0.3 is 76.4 Å². The third-order valence-electron chi connectivity index (χ3n) is 10.8. The Morgan fingerprint density at radius 1 is 0.889 bits per heavy atom. The zero-order valence-electron chi connectivity index (χ0n) is 33.6. The number of amides is 3. The van der Waals surface area contributed by atoms with Crippen LogP contribution in [0, 0.1) is 0 Å². The normalized spacial score (nSPS) is 26.3. The molecule has 3 aromatic rings. The number of aliphatic hydroxyl groups is 4. The number of ether oxygens (including phenoxy) is 5. The zero-order chi connectivity index (χ0) is 45.4. The summed E-state index contributed by atoms with van der Waals surface area (Å²) in [6.45, 7) is 1.55. The number of urea groups is 1. The third-order valence-corrected chi connectivity index (χ3v) is 10.8. The first kappa shape index (κ1) is 47.2. The number of piperidine rings is 1. The molecule has 63 heavy (non-hydrogen) atoms. The molecule has 3 amide bonds. The molecule has 0 spiro atoms. The minimum Gasteiger partial charge on any atom is -0.490 e. The maximum absolute atomic E-state index is 12.9. The van der Waals surface area contributed by atoms with E-state index in [1.807, 2.05) is 29.2 Å². The van der Waals surface area contributed by atoms with Crippen LogP contribution in [0.2, 0.25) is 0 Å². The number of carbonyl (C=O) groups is 2. The van der Waals surface area contributed by atoms with Crippen LogP contribution in [0.3, 0.4) is 0 Å². The molecule has 21 nitrogen and oxygen atoms in total. The van der Waals surface area contributed by atoms with Crippen LogP contribution in [0.15, 0.2) is 70.4 Å². The highest BCUT2D eigenvalue weighted by Gasteiger charge is 2.53. The van der Waals surface area contributed by atoms with E-state index >= 15 is 0 Å². The Labute approximate surface area is 357 Å². The molecule has 6 rings (SSSR count). The number of benzene rings is 2. The van der Waals surface area contributed by atoms with Crippen molar-refractivity contribution in [1.82, 2.24) is 25.5 Å². The fourth-order valence-corrected chi connectivity index (χ4v) is 7.48. The number of carbonyl (C=O) groups excluding carboxylic acids is 2. The van der Waals surface area contributed by atoms with Gasteiger partial charge in [-0.1, -0.05) is 12.1 Å². The summed E-state index contributed by atoms with van der Waals surface area (Å²) in [7, 11) is 0. The number of nitrogens with zero attached hydrogens (tertiary/aromatic N) is 2. The second-order valence-corrected chi connectivity index (χ2v) is 15.1. The minimum absolute atomic E-state index is 0.0305. The Morgan fingerprint density at radius 3 is 2.19 bits per heavy atom. The van der Waals surface area contributed by atoms with E-state index in [-0.39, 0.29) is 44.5 Å². The maximum atomic E-state index is 12.9. The largest absolute Gasteiger partial charge is 0.573 e. The molecular weight excluding hydrogens is 845 g/mol. The fourth-order valence-electron chi connectivity index (χ4n) is 7.48. The number of H-pyrrole nitrogens is 1. The van der Waals surface area contributed by atoms with Crippen molar-refractivity contribution < 1.29 is 66.9 Å². The van der Waals surface area contributed by atoms with Gasteiger partial charge in [0.1, 0.15) is 66.4 Å². The molecule has 3 aliphatic heterocycles. The number of halogens is 3. The molecule has 12 N–H and O–H groups in total. The Hall–Kier alpha value is -5.31. The van der Waals surface area contributed by atoms with Crippen molar-refractivity contribution in [3.63, 3.8) is 0 Å². The molecule has 3 aliphatic rings. The molecule has 1 aromatic heterocycles. The summed E-state index contributed by atoms with van der Waals surface area (Å²) in [5.41, 5.74) is 11.5. The van der Waals surface area contributed by atoms with Gasteiger partial charge >= 0.3 is 18.1 Å². The van der Waals surface area contributed by atoms with Crippen molar-refractivity contribution in [3.8, 4) is 11.5 Å². The van der Waals surface area contributed by atoms with Crippen molar-refractivity contribution in [2.24, 2.45) is 11.5 Å². The van der Waals surface area contributed by atoms with Gasteiger partial charge in [0.05, 0.1) is 0 Å². The number of nitrogens with one attached hydrogen (secondary N) is 4. The molecule has 2 aromatic carbocycles. The quantitative estimate of drug-likeness (QED) is 0.0632. The van der Waals surface area contributed by atoms with E-state index in [9.17, 15) is 52.8 Å². The number of aromatic nitrogens is 2. The first-order chi connectivity index (χ1) is 30.0. The van der Waals surface area contributed by atoms with Crippen LogP contribution >= 0.6 is 0 Å². The number of alkyl halides is 3. The van der Waals surface area contributed by atoms with Crippen LogP contribution in [0.1, 0.15) is 31.1 Å². The monoisotopic (exact) mass is 896 g/mol. The molecule has 3 fully saturated rings. The third kappa shape index (κ3) is 12.2. The van der Waals surface area contributed by atoms with E-state index in [1.54, 1.807) is 0 Å². The Kier molecular flexibility index (Phi) is 15.7. The van der Waals surface area contributed by atoms with Crippen LogP contribution in [0.4, 0.5) is 23.7 Å². The lowest BCUT2D eigenvalue weighted by atomic mass is 9.98. The van der Waals surface area contributed by atoms with E-state index < -0.39 is 90.8 Å². The van der Waals surface area contributed by atoms with E-state index in [0.717, 1.165) is 28.1 Å². The summed E-state index contributed by atoms with van der Waals surface area (Å²) in [6, 6.07) is 11.9. The predicted octanol–water partition coefficient (Wildman–Crippen LogP) is -1.77. The standard InChI is InChI=1S/C39H51F3N8O13/c40-39(41,42)63-24-8-6-22(7-9-24)59-23-10-15-49(16-11-23)21-4-2-20(3-5-21)19-47-37(57)46-14-1-13-45-27(34(44)56)32(62-36-31(55)28(52)25(18-43)60-36)33-29(53)30(54)35(61-33)50-17-12-26(51)48-38(50)58/h2-9,12,17,23,25,27-33,35-36,45,52-55H,1,10-11,13-16,18-19,43H2,(H2,44,56)(H2,46,47,57)(H,48,51,58)/t25-,27+,28-,29?,30?,31-,32+,33+,35-,36+/m1/s1. The van der Waals surface area contributed by atoms with Crippen molar-refractivity contribution in [3.05, 3.63) is 87.2 Å². The first-order valence-corrected chi connectivity index (χ1v) is 20.1. The molecule has 346 valence electrons. The highest BCUT2D eigenvalue weighted by atomic mass is 19.4. The number of anilines is 1. The first-order valence-electron chi connectivity index (χ1n) is 20.1. The van der Waals surface area contributed by atoms with Crippen molar-refractivity contribution in [2.45, 2.75) is 99.6 Å². The van der Waals surface area contributed by atoms with E-state index in [0.29, 0.717) is 31.7 Å². The molecule has 0 aliphatic carbocycles. The fraction of sp³-hybridized carbons (Fsp3) is 0.538. The van der Waals surface area contributed by atoms with Crippen molar-refractivity contribution in [2.75, 3.05) is 37.6 Å². The molecule has 2 unspecified atom stereocenters. The van der Waals surface area contributed by atoms with Crippen LogP contribution < -0.4 is 53.0 Å². The second-order valence-electron chi connectivity index (χ2n) is 15.1. The van der Waals surface area contributed by atoms with Gasteiger partial charge in [-0.25, -0.2) is 9.59 Å². The second kappa shape index (κ2) is 20.9. The minimum atomic E-state index is -4.77. The summed E-state index contributed by atoms with van der Waals surface area (Å²) in [6.07, 6.45) is -16.4. The zero-order valence-corrected chi connectivity index (χ0v) is 33.6. The van der Waals surface area contributed by atoms with Gasteiger partial charge in [-0.3, -0.25) is 19.1 Å². The maximum Gasteiger partial charge on any atom is 0.573 e. The van der Waals surface area contributed by atoms with Gasteiger partial charge in [-0.2, -0.15) is 0 Å². The van der Waals surface area contributed by atoms with E-state index in [4.69, 9.17) is 30.4 Å². The van der Waals surface area contributed by atoms with E-state index in [2.05, 4.69) is 25.6 Å². The topological polar surface area (TPSA) is 307 Å². The average molecular weight is 897 g/mol. The summed E-state index contributed by atoms with van der Waals surface area (Å²) in [5.74, 6) is -0.884. The summed E-state index contributed by atoms with van der Waals surface area (Å²) in [4.78, 5) is 53.8. The lowest BCUT2D eigenvalue weighted by molar-refractivity contribution is -0.274. The van der Waals surface area contributed by atoms with Gasteiger partial charge in [-0.05, 0) is 54.9 Å². The molecular formula is C39H51F3N8O13. The number of aliphatic hydroxyl groups excluding tert-OH is 4. The highest BCUT2D eigenvalue weighted by molar-refractivity contribution is 5.80. The smallest absolute Gasteiger partial charge is 0.490 e. The van der Waals surface area contributed by atoms with Gasteiger partial charge in [0.25, 0.3) is 5.56 Å². The highest BCUT2D eigenvalue weighted by Crippen LogP contribution is 2.34. The Bertz CT molecular complexity index is 2090. The number of primary amides is 1. The SMILES string of the molecule is NC[C@H]1O[C@@H](O[C@@H]([C@H](NCCCNC(=O)NCc2ccc(N3CCC(Oc4ccc(OC(F)(F)F)cc4)CC3)cc2)C(N)=O)[C@H]2O[C@@H](n3ccc(=O)[nH]c3=O)C(O)C2O)[C@H](O)[C@@H]1O. The lowest BCUT2D eigenvalue weighted by Gasteiger charge is -2.34. The van der Waals surface area contributed by atoms with Gasteiger partial charge in [0.15, 0.2) is 12.5 Å². The lowest BCUT2D eigenvalue weighted by Crippen LogP contribution is -2.59. The van der Waals surface area contributed by atoms with Gasteiger partial charge in [-0.15, -0.1) is 13.2 Å². The summed E-state index contributed by atoms with van der Waals surface area (Å²) < 4.78 is 65.3. The van der Waals surface area contributed by atoms with Crippen molar-refractivity contribution >= 4 is 17.6 Å². The van der Waals surface area contributed by atoms with Crippen LogP contribution in [-0.2, 0) is 25.5 Å². The van der Waals surface area contributed by atoms with E-state index in [1.165, 1.54) is 24.3 Å².